The van der Waals surface area contributed by atoms with Gasteiger partial charge in [0.2, 0.25) is 10.0 Å². The number of sulfonamides is 1. The van der Waals surface area contributed by atoms with Crippen molar-refractivity contribution in [2.24, 2.45) is 5.92 Å². The molecular weight excluding hydrogens is 352 g/mol. The Bertz CT molecular complexity index is 645. The van der Waals surface area contributed by atoms with E-state index in [4.69, 9.17) is 9.47 Å². The van der Waals surface area contributed by atoms with Crippen molar-refractivity contribution in [2.45, 2.75) is 24.2 Å². The van der Waals surface area contributed by atoms with E-state index in [2.05, 4.69) is 5.32 Å². The van der Waals surface area contributed by atoms with Gasteiger partial charge >= 0.3 is 0 Å². The molecule has 2 aliphatic rings. The summed E-state index contributed by atoms with van der Waals surface area (Å²) in [6.45, 7) is 3.11. The second-order valence-corrected chi connectivity index (χ2v) is 7.98. The third-order valence-corrected chi connectivity index (χ3v) is 6.42. The highest BCUT2D eigenvalue weighted by atomic mass is 35.5. The Balaban J connectivity index is 0.00000208. The van der Waals surface area contributed by atoms with Crippen molar-refractivity contribution in [3.63, 3.8) is 0 Å². The number of ether oxygens (including phenoxy) is 2. The van der Waals surface area contributed by atoms with Gasteiger partial charge in [0.15, 0.2) is 11.5 Å². The van der Waals surface area contributed by atoms with Crippen LogP contribution in [0.5, 0.6) is 11.5 Å². The first-order chi connectivity index (χ1) is 11.1. The molecule has 6 nitrogen and oxygen atoms in total. The summed E-state index contributed by atoms with van der Waals surface area (Å²) in [5.74, 6) is 1.73. The van der Waals surface area contributed by atoms with E-state index in [9.17, 15) is 8.42 Å². The first-order valence-electron chi connectivity index (χ1n) is 8.15. The van der Waals surface area contributed by atoms with E-state index in [0.29, 0.717) is 43.7 Å². The van der Waals surface area contributed by atoms with Crippen LogP contribution in [0.1, 0.15) is 19.3 Å². The van der Waals surface area contributed by atoms with E-state index in [1.54, 1.807) is 22.5 Å². The highest BCUT2D eigenvalue weighted by Gasteiger charge is 2.30. The van der Waals surface area contributed by atoms with Gasteiger partial charge in [0.25, 0.3) is 0 Å². The lowest BCUT2D eigenvalue weighted by Crippen LogP contribution is -2.38. The molecule has 136 valence electrons. The van der Waals surface area contributed by atoms with Gasteiger partial charge in [0.05, 0.1) is 4.90 Å². The van der Waals surface area contributed by atoms with Gasteiger partial charge < -0.3 is 14.8 Å². The molecule has 0 radical (unpaired) electrons. The van der Waals surface area contributed by atoms with E-state index in [1.807, 2.05) is 7.05 Å². The fourth-order valence-corrected chi connectivity index (χ4v) is 4.61. The first kappa shape index (κ1) is 19.3. The zero-order chi connectivity index (χ0) is 16.3. The molecule has 0 spiro atoms. The Hall–Kier alpha value is -1.02. The van der Waals surface area contributed by atoms with Crippen molar-refractivity contribution in [3.8, 4) is 11.5 Å². The average molecular weight is 377 g/mol. The molecule has 2 aliphatic heterocycles. The van der Waals surface area contributed by atoms with Crippen molar-refractivity contribution in [1.82, 2.24) is 9.62 Å². The normalized spacial score (nSPS) is 18.9. The van der Waals surface area contributed by atoms with E-state index in [-0.39, 0.29) is 17.3 Å². The zero-order valence-corrected chi connectivity index (χ0v) is 15.5. The smallest absolute Gasteiger partial charge is 0.243 e. The topological polar surface area (TPSA) is 67.9 Å². The van der Waals surface area contributed by atoms with Crippen LogP contribution in [0.4, 0.5) is 0 Å². The number of piperidine rings is 1. The Morgan fingerprint density at radius 1 is 1.17 bits per heavy atom. The van der Waals surface area contributed by atoms with Gasteiger partial charge in [-0.1, -0.05) is 0 Å². The summed E-state index contributed by atoms with van der Waals surface area (Å²) >= 11 is 0. The van der Waals surface area contributed by atoms with Gasteiger partial charge in [0.1, 0.15) is 13.2 Å². The Labute approximate surface area is 150 Å². The van der Waals surface area contributed by atoms with Gasteiger partial charge in [-0.15, -0.1) is 12.4 Å². The molecule has 0 saturated carbocycles. The molecule has 0 amide bonds. The van der Waals surface area contributed by atoms with Crippen molar-refractivity contribution in [1.29, 1.82) is 0 Å². The van der Waals surface area contributed by atoms with Crippen LogP contribution < -0.4 is 14.8 Å². The summed E-state index contributed by atoms with van der Waals surface area (Å²) in [5.41, 5.74) is 0. The molecule has 1 saturated heterocycles. The molecule has 0 unspecified atom stereocenters. The van der Waals surface area contributed by atoms with Gasteiger partial charge in [0, 0.05) is 19.2 Å². The van der Waals surface area contributed by atoms with E-state index < -0.39 is 10.0 Å². The predicted molar refractivity (Wildman–Crippen MR) is 94.7 cm³/mol. The highest BCUT2D eigenvalue weighted by Crippen LogP contribution is 2.34. The van der Waals surface area contributed by atoms with Crippen LogP contribution in [-0.4, -0.2) is 52.6 Å². The molecule has 0 aromatic heterocycles. The second kappa shape index (κ2) is 8.38. The molecule has 3 rings (SSSR count). The van der Waals surface area contributed by atoms with Crippen LogP contribution in [0.3, 0.4) is 0 Å². The minimum absolute atomic E-state index is 0. The summed E-state index contributed by atoms with van der Waals surface area (Å²) in [5, 5.41) is 3.15. The molecule has 1 N–H and O–H groups in total. The lowest BCUT2D eigenvalue weighted by Gasteiger charge is -2.31. The fourth-order valence-electron chi connectivity index (χ4n) is 3.12. The molecule has 0 bridgehead atoms. The Morgan fingerprint density at radius 2 is 1.83 bits per heavy atom. The lowest BCUT2D eigenvalue weighted by atomic mass is 9.95. The predicted octanol–water partition coefficient (Wildman–Crippen LogP) is 1.89. The van der Waals surface area contributed by atoms with E-state index in [0.717, 1.165) is 25.8 Å². The SMILES string of the molecule is CNCCC1CCN(S(=O)(=O)c2ccc3c(c2)OCCO3)CC1.Cl. The molecule has 2 heterocycles. The molecular formula is C16H25ClN2O4S. The minimum atomic E-state index is -3.46. The molecule has 0 atom stereocenters. The summed E-state index contributed by atoms with van der Waals surface area (Å²) in [6.07, 6.45) is 2.95. The van der Waals surface area contributed by atoms with Crippen LogP contribution in [0, 0.1) is 5.92 Å². The molecule has 1 aromatic rings. The van der Waals surface area contributed by atoms with E-state index >= 15 is 0 Å². The number of nitrogens with zero attached hydrogens (tertiary/aromatic N) is 1. The average Bonchev–Trinajstić information content (AvgIpc) is 2.60. The van der Waals surface area contributed by atoms with Gasteiger partial charge in [-0.3, -0.25) is 0 Å². The van der Waals surface area contributed by atoms with Gasteiger partial charge in [-0.25, -0.2) is 8.42 Å². The standard InChI is InChI=1S/C16H24N2O4S.ClH/c1-17-7-4-13-5-8-18(9-6-13)23(19,20)14-2-3-15-16(12-14)22-11-10-21-15;/h2-3,12-13,17H,4-11H2,1H3;1H. The monoisotopic (exact) mass is 376 g/mol. The van der Waals surface area contributed by atoms with Crippen molar-refractivity contribution >= 4 is 22.4 Å². The highest BCUT2D eigenvalue weighted by molar-refractivity contribution is 7.89. The summed E-state index contributed by atoms with van der Waals surface area (Å²) < 4.78 is 38.2. The number of hydrogen-bond acceptors (Lipinski definition) is 5. The number of fused-ring (bicyclic) bond motifs is 1. The van der Waals surface area contributed by atoms with Gasteiger partial charge in [-0.2, -0.15) is 4.31 Å². The summed E-state index contributed by atoms with van der Waals surface area (Å²) in [6, 6.07) is 4.87. The van der Waals surface area contributed by atoms with E-state index in [1.165, 1.54) is 0 Å². The Kier molecular flexibility index (Phi) is 6.74. The molecule has 24 heavy (non-hydrogen) atoms. The quantitative estimate of drug-likeness (QED) is 0.849. The summed E-state index contributed by atoms with van der Waals surface area (Å²) in [7, 11) is -1.51. The maximum absolute atomic E-state index is 12.8. The van der Waals surface area contributed by atoms with Crippen LogP contribution in [0.15, 0.2) is 23.1 Å². The third kappa shape index (κ3) is 4.14. The number of halogens is 1. The van der Waals surface area contributed by atoms with Crippen LogP contribution in [-0.2, 0) is 10.0 Å². The molecule has 8 heteroatoms. The largest absolute Gasteiger partial charge is 0.486 e. The first-order valence-corrected chi connectivity index (χ1v) is 9.59. The van der Waals surface area contributed by atoms with Crippen molar-refractivity contribution < 1.29 is 17.9 Å². The zero-order valence-electron chi connectivity index (χ0n) is 13.9. The maximum atomic E-state index is 12.8. The van der Waals surface area contributed by atoms with Crippen molar-refractivity contribution in [2.75, 3.05) is 39.9 Å². The fraction of sp³-hybridized carbons (Fsp3) is 0.625. The molecule has 1 aromatic carbocycles. The molecule has 0 aliphatic carbocycles. The third-order valence-electron chi connectivity index (χ3n) is 4.53. The van der Waals surface area contributed by atoms with Crippen molar-refractivity contribution in [3.05, 3.63) is 18.2 Å². The number of hydrogen-bond donors (Lipinski definition) is 1. The summed E-state index contributed by atoms with van der Waals surface area (Å²) in [4.78, 5) is 0.287. The van der Waals surface area contributed by atoms with Crippen LogP contribution >= 0.6 is 12.4 Å². The minimum Gasteiger partial charge on any atom is -0.486 e. The van der Waals surface area contributed by atoms with Crippen LogP contribution in [0.2, 0.25) is 0 Å². The second-order valence-electron chi connectivity index (χ2n) is 6.05. The number of benzene rings is 1. The molecule has 1 fully saturated rings. The lowest BCUT2D eigenvalue weighted by molar-refractivity contribution is 0.171. The Morgan fingerprint density at radius 3 is 2.50 bits per heavy atom. The van der Waals surface area contributed by atoms with Crippen LogP contribution in [0.25, 0.3) is 0 Å². The number of nitrogens with one attached hydrogen (secondary N) is 1. The maximum Gasteiger partial charge on any atom is 0.243 e. The van der Waals surface area contributed by atoms with Gasteiger partial charge in [-0.05, 0) is 50.9 Å². The number of rotatable bonds is 5.